The SMILES string of the molecule is CCNC(CO)(CN(CC)CC1CCC1)c1ccccc1. The van der Waals surface area contributed by atoms with Crippen LogP contribution in [0.3, 0.4) is 0 Å². The van der Waals surface area contributed by atoms with Crippen LogP contribution in [0, 0.1) is 5.92 Å². The van der Waals surface area contributed by atoms with Gasteiger partial charge in [-0.25, -0.2) is 0 Å². The zero-order valence-electron chi connectivity index (χ0n) is 13.5. The molecule has 1 aliphatic rings. The Kier molecular flexibility index (Phi) is 6.22. The molecule has 0 bridgehead atoms. The minimum atomic E-state index is -0.351. The minimum Gasteiger partial charge on any atom is -0.394 e. The molecule has 3 nitrogen and oxygen atoms in total. The number of rotatable bonds is 9. The van der Waals surface area contributed by atoms with Crippen molar-refractivity contribution in [1.82, 2.24) is 10.2 Å². The molecule has 3 heteroatoms. The van der Waals surface area contributed by atoms with Gasteiger partial charge in [0.05, 0.1) is 12.1 Å². The summed E-state index contributed by atoms with van der Waals surface area (Å²) in [4.78, 5) is 2.50. The first-order valence-corrected chi connectivity index (χ1v) is 8.38. The summed E-state index contributed by atoms with van der Waals surface area (Å²) in [5.41, 5.74) is 0.830. The third-order valence-corrected chi connectivity index (χ3v) is 4.79. The molecule has 0 amide bonds. The Balaban J connectivity index is 2.13. The number of hydrogen-bond acceptors (Lipinski definition) is 3. The lowest BCUT2D eigenvalue weighted by Gasteiger charge is -2.40. The van der Waals surface area contributed by atoms with Crippen LogP contribution in [0.4, 0.5) is 0 Å². The van der Waals surface area contributed by atoms with E-state index in [1.165, 1.54) is 24.8 Å². The summed E-state index contributed by atoms with van der Waals surface area (Å²) in [6, 6.07) is 10.4. The second kappa shape index (κ2) is 7.92. The summed E-state index contributed by atoms with van der Waals surface area (Å²) in [5, 5.41) is 13.7. The standard InChI is InChI=1S/C18H30N2O/c1-3-19-18(15-21,17-11-6-5-7-12-17)14-20(4-2)13-16-9-8-10-16/h5-7,11-12,16,19,21H,3-4,8-10,13-15H2,1-2H3. The fourth-order valence-electron chi connectivity index (χ4n) is 3.27. The predicted molar refractivity (Wildman–Crippen MR) is 88.3 cm³/mol. The van der Waals surface area contributed by atoms with E-state index in [9.17, 15) is 5.11 Å². The molecule has 0 radical (unpaired) electrons. The maximum Gasteiger partial charge on any atom is 0.0797 e. The molecule has 1 unspecified atom stereocenters. The van der Waals surface area contributed by atoms with Crippen LogP contribution < -0.4 is 5.32 Å². The maximum absolute atomic E-state index is 10.1. The normalized spacial score (nSPS) is 18.5. The van der Waals surface area contributed by atoms with Gasteiger partial charge in [0.15, 0.2) is 0 Å². The Morgan fingerprint density at radius 3 is 2.43 bits per heavy atom. The van der Waals surface area contributed by atoms with Crippen LogP contribution in [0.15, 0.2) is 30.3 Å². The van der Waals surface area contributed by atoms with Gasteiger partial charge in [0, 0.05) is 13.1 Å². The number of nitrogens with one attached hydrogen (secondary N) is 1. The highest BCUT2D eigenvalue weighted by atomic mass is 16.3. The third kappa shape index (κ3) is 4.06. The van der Waals surface area contributed by atoms with Crippen molar-refractivity contribution in [2.75, 3.05) is 32.8 Å². The van der Waals surface area contributed by atoms with Gasteiger partial charge in [-0.1, -0.05) is 50.6 Å². The molecule has 1 saturated carbocycles. The second-order valence-electron chi connectivity index (χ2n) is 6.26. The van der Waals surface area contributed by atoms with Gasteiger partial charge in [0.1, 0.15) is 0 Å². The van der Waals surface area contributed by atoms with Crippen LogP contribution >= 0.6 is 0 Å². The van der Waals surface area contributed by atoms with Gasteiger partial charge >= 0.3 is 0 Å². The molecule has 1 fully saturated rings. The lowest BCUT2D eigenvalue weighted by molar-refractivity contribution is 0.0905. The average molecular weight is 290 g/mol. The van der Waals surface area contributed by atoms with Gasteiger partial charge in [-0.15, -0.1) is 0 Å². The topological polar surface area (TPSA) is 35.5 Å². The summed E-state index contributed by atoms with van der Waals surface area (Å²) in [7, 11) is 0. The van der Waals surface area contributed by atoms with E-state index in [1.807, 2.05) is 6.07 Å². The zero-order valence-corrected chi connectivity index (χ0v) is 13.5. The van der Waals surface area contributed by atoms with Crippen molar-refractivity contribution in [1.29, 1.82) is 0 Å². The fraction of sp³-hybridized carbons (Fsp3) is 0.667. The summed E-state index contributed by atoms with van der Waals surface area (Å²) in [6.45, 7) is 8.39. The van der Waals surface area contributed by atoms with E-state index < -0.39 is 0 Å². The molecule has 21 heavy (non-hydrogen) atoms. The van der Waals surface area contributed by atoms with Crippen LogP contribution in [0.25, 0.3) is 0 Å². The van der Waals surface area contributed by atoms with Crippen LogP contribution in [0.2, 0.25) is 0 Å². The zero-order chi connectivity index (χ0) is 15.1. The Morgan fingerprint density at radius 1 is 1.24 bits per heavy atom. The van der Waals surface area contributed by atoms with Gasteiger partial charge in [-0.3, -0.25) is 0 Å². The van der Waals surface area contributed by atoms with Crippen LogP contribution in [-0.2, 0) is 5.54 Å². The van der Waals surface area contributed by atoms with Gasteiger partial charge < -0.3 is 15.3 Å². The number of hydrogen-bond donors (Lipinski definition) is 2. The number of likely N-dealkylation sites (N-methyl/N-ethyl adjacent to an activating group) is 2. The smallest absolute Gasteiger partial charge is 0.0797 e. The second-order valence-corrected chi connectivity index (χ2v) is 6.26. The van der Waals surface area contributed by atoms with Gasteiger partial charge in [0.25, 0.3) is 0 Å². The Morgan fingerprint density at radius 2 is 1.95 bits per heavy atom. The molecule has 0 heterocycles. The van der Waals surface area contributed by atoms with E-state index >= 15 is 0 Å². The van der Waals surface area contributed by atoms with E-state index in [0.29, 0.717) is 0 Å². The van der Waals surface area contributed by atoms with Crippen LogP contribution in [-0.4, -0.2) is 42.8 Å². The molecule has 2 N–H and O–H groups in total. The first-order chi connectivity index (χ1) is 10.2. The van der Waals surface area contributed by atoms with E-state index in [4.69, 9.17) is 0 Å². The van der Waals surface area contributed by atoms with Crippen molar-refractivity contribution in [3.05, 3.63) is 35.9 Å². The van der Waals surface area contributed by atoms with Crippen molar-refractivity contribution >= 4 is 0 Å². The summed E-state index contributed by atoms with van der Waals surface area (Å²) in [6.07, 6.45) is 4.13. The molecular weight excluding hydrogens is 260 g/mol. The molecule has 1 aromatic rings. The van der Waals surface area contributed by atoms with E-state index in [0.717, 1.165) is 32.1 Å². The van der Waals surface area contributed by atoms with Crippen molar-refractivity contribution < 1.29 is 5.11 Å². The predicted octanol–water partition coefficient (Wildman–Crippen LogP) is 2.61. The van der Waals surface area contributed by atoms with Gasteiger partial charge in [-0.2, -0.15) is 0 Å². The highest BCUT2D eigenvalue weighted by Gasteiger charge is 2.33. The minimum absolute atomic E-state index is 0.131. The molecule has 0 aliphatic heterocycles. The molecule has 0 spiro atoms. The molecule has 2 rings (SSSR count). The van der Waals surface area contributed by atoms with Gasteiger partial charge in [0.2, 0.25) is 0 Å². The molecular formula is C18H30N2O. The Bertz CT molecular complexity index is 405. The number of nitrogens with zero attached hydrogens (tertiary/aromatic N) is 1. The number of benzene rings is 1. The van der Waals surface area contributed by atoms with Crippen molar-refractivity contribution in [2.24, 2.45) is 5.92 Å². The number of aliphatic hydroxyl groups is 1. The average Bonchev–Trinajstić information content (AvgIpc) is 2.49. The Hall–Kier alpha value is -0.900. The highest BCUT2D eigenvalue weighted by Crippen LogP contribution is 2.29. The monoisotopic (exact) mass is 290 g/mol. The first kappa shape index (κ1) is 16.5. The lowest BCUT2D eigenvalue weighted by atomic mass is 9.84. The fourth-order valence-corrected chi connectivity index (χ4v) is 3.27. The Labute approximate surface area is 129 Å². The largest absolute Gasteiger partial charge is 0.394 e. The van der Waals surface area contributed by atoms with E-state index in [2.05, 4.69) is 48.3 Å². The molecule has 1 aromatic carbocycles. The lowest BCUT2D eigenvalue weighted by Crippen LogP contribution is -2.54. The molecule has 1 aliphatic carbocycles. The van der Waals surface area contributed by atoms with Gasteiger partial charge in [-0.05, 0) is 37.4 Å². The first-order valence-electron chi connectivity index (χ1n) is 8.38. The summed E-state index contributed by atoms with van der Waals surface area (Å²) in [5.74, 6) is 0.860. The number of aliphatic hydroxyl groups excluding tert-OH is 1. The van der Waals surface area contributed by atoms with E-state index in [1.54, 1.807) is 0 Å². The summed E-state index contributed by atoms with van der Waals surface area (Å²) >= 11 is 0. The highest BCUT2D eigenvalue weighted by molar-refractivity contribution is 5.25. The molecule has 0 saturated heterocycles. The van der Waals surface area contributed by atoms with Crippen molar-refractivity contribution in [3.8, 4) is 0 Å². The van der Waals surface area contributed by atoms with Crippen LogP contribution in [0.5, 0.6) is 0 Å². The van der Waals surface area contributed by atoms with E-state index in [-0.39, 0.29) is 12.1 Å². The molecule has 118 valence electrons. The van der Waals surface area contributed by atoms with Crippen molar-refractivity contribution in [3.63, 3.8) is 0 Å². The quantitative estimate of drug-likeness (QED) is 0.734. The maximum atomic E-state index is 10.1. The third-order valence-electron chi connectivity index (χ3n) is 4.79. The summed E-state index contributed by atoms with van der Waals surface area (Å²) < 4.78 is 0. The van der Waals surface area contributed by atoms with Crippen molar-refractivity contribution in [2.45, 2.75) is 38.6 Å². The van der Waals surface area contributed by atoms with Crippen LogP contribution in [0.1, 0.15) is 38.7 Å². The molecule has 1 atom stereocenters. The molecule has 0 aromatic heterocycles.